The van der Waals surface area contributed by atoms with Crippen molar-refractivity contribution in [2.45, 2.75) is 45.4 Å². The molecule has 0 fully saturated rings. The van der Waals surface area contributed by atoms with Crippen LogP contribution in [0.15, 0.2) is 0 Å². The van der Waals surface area contributed by atoms with Crippen LogP contribution in [0, 0.1) is 5.92 Å². The minimum atomic E-state index is 0.340. The topological polar surface area (TPSA) is 9.23 Å². The fourth-order valence-electron chi connectivity index (χ4n) is 0.930. The second kappa shape index (κ2) is 7.88. The number of ether oxygens (including phenoxy) is 1. The van der Waals surface area contributed by atoms with Crippen LogP contribution in [-0.4, -0.2) is 18.6 Å². The molecule has 2 heteroatoms. The zero-order chi connectivity index (χ0) is 9.40. The molecule has 0 aromatic heterocycles. The quantitative estimate of drug-likeness (QED) is 0.444. The third-order valence-electron chi connectivity index (χ3n) is 1.70. The number of halogens is 1. The minimum absolute atomic E-state index is 0.340. The van der Waals surface area contributed by atoms with Crippen molar-refractivity contribution in [1.29, 1.82) is 0 Å². The highest BCUT2D eigenvalue weighted by molar-refractivity contribution is 6.20. The van der Waals surface area contributed by atoms with Gasteiger partial charge in [0.2, 0.25) is 0 Å². The Morgan fingerprint density at radius 2 is 2.00 bits per heavy atom. The molecule has 0 bridgehead atoms. The van der Waals surface area contributed by atoms with Gasteiger partial charge in [0.15, 0.2) is 0 Å². The van der Waals surface area contributed by atoms with Crippen LogP contribution in [0.25, 0.3) is 0 Å². The first kappa shape index (κ1) is 12.2. The van der Waals surface area contributed by atoms with E-state index in [-0.39, 0.29) is 0 Å². The van der Waals surface area contributed by atoms with Gasteiger partial charge in [-0.25, -0.2) is 0 Å². The smallest absolute Gasteiger partial charge is 0.0488 e. The Kier molecular flexibility index (Phi) is 8.04. The molecule has 0 radical (unpaired) electrons. The normalized spacial score (nSPS) is 13.8. The summed E-state index contributed by atoms with van der Waals surface area (Å²) in [6.45, 7) is 8.18. The Balaban J connectivity index is 3.00. The Hall–Kier alpha value is 0.250. The fraction of sp³-hybridized carbons (Fsp3) is 1.00. The predicted octanol–water partition coefficient (Wildman–Crippen LogP) is 3.46. The lowest BCUT2D eigenvalue weighted by molar-refractivity contribution is 0.106. The molecule has 0 spiro atoms. The molecule has 0 aliphatic carbocycles. The Bertz CT molecular complexity index is 93.8. The third kappa shape index (κ3) is 8.35. The van der Waals surface area contributed by atoms with Crippen LogP contribution in [0.2, 0.25) is 0 Å². The maximum Gasteiger partial charge on any atom is 0.0488 e. The molecule has 1 unspecified atom stereocenters. The van der Waals surface area contributed by atoms with E-state index in [4.69, 9.17) is 16.3 Å². The van der Waals surface area contributed by atoms with Crippen molar-refractivity contribution in [3.05, 3.63) is 0 Å². The molecule has 0 rings (SSSR count). The predicted molar refractivity (Wildman–Crippen MR) is 54.8 cm³/mol. The van der Waals surface area contributed by atoms with E-state index in [0.29, 0.717) is 11.3 Å². The van der Waals surface area contributed by atoms with Gasteiger partial charge in [0.1, 0.15) is 0 Å². The summed E-state index contributed by atoms with van der Waals surface area (Å²) in [5.41, 5.74) is 0. The van der Waals surface area contributed by atoms with E-state index in [2.05, 4.69) is 20.8 Å². The van der Waals surface area contributed by atoms with Crippen LogP contribution in [0.3, 0.4) is 0 Å². The first-order valence-electron chi connectivity index (χ1n) is 4.88. The summed E-state index contributed by atoms with van der Waals surface area (Å²) in [6.07, 6.45) is 3.23. The average molecular weight is 193 g/mol. The maximum absolute atomic E-state index is 5.95. The first-order valence-corrected chi connectivity index (χ1v) is 5.32. The van der Waals surface area contributed by atoms with Gasteiger partial charge >= 0.3 is 0 Å². The summed E-state index contributed by atoms with van der Waals surface area (Å²) in [5.74, 6) is 0.642. The van der Waals surface area contributed by atoms with Crippen LogP contribution in [0.1, 0.15) is 40.0 Å². The number of alkyl halides is 1. The lowest BCUT2D eigenvalue weighted by atomic mass is 10.2. The van der Waals surface area contributed by atoms with E-state index >= 15 is 0 Å². The highest BCUT2D eigenvalue weighted by Gasteiger charge is 2.00. The lowest BCUT2D eigenvalue weighted by Crippen LogP contribution is -2.05. The van der Waals surface area contributed by atoms with Gasteiger partial charge < -0.3 is 4.74 Å². The summed E-state index contributed by atoms with van der Waals surface area (Å²) in [6, 6.07) is 0. The van der Waals surface area contributed by atoms with E-state index in [1.807, 2.05) is 0 Å². The van der Waals surface area contributed by atoms with Gasteiger partial charge in [0.25, 0.3) is 0 Å². The Labute approximate surface area is 81.4 Å². The molecular weight excluding hydrogens is 172 g/mol. The van der Waals surface area contributed by atoms with Gasteiger partial charge in [0, 0.05) is 18.6 Å². The largest absolute Gasteiger partial charge is 0.381 e. The Morgan fingerprint density at radius 3 is 2.50 bits per heavy atom. The maximum atomic E-state index is 5.95. The zero-order valence-electron chi connectivity index (χ0n) is 8.48. The summed E-state index contributed by atoms with van der Waals surface area (Å²) in [5, 5.41) is 0.340. The summed E-state index contributed by atoms with van der Waals surface area (Å²) >= 11 is 5.95. The monoisotopic (exact) mass is 192 g/mol. The molecule has 0 N–H and O–H groups in total. The van der Waals surface area contributed by atoms with Crippen LogP contribution >= 0.6 is 11.6 Å². The van der Waals surface area contributed by atoms with Gasteiger partial charge in [-0.2, -0.15) is 0 Å². The molecule has 0 aromatic carbocycles. The average Bonchev–Trinajstić information content (AvgIpc) is 2.03. The van der Waals surface area contributed by atoms with E-state index in [1.165, 1.54) is 0 Å². The molecule has 0 amide bonds. The van der Waals surface area contributed by atoms with Crippen LogP contribution in [-0.2, 0) is 4.74 Å². The molecule has 0 saturated carbocycles. The van der Waals surface area contributed by atoms with Crippen molar-refractivity contribution in [2.75, 3.05) is 13.2 Å². The molecule has 0 aliphatic heterocycles. The molecule has 12 heavy (non-hydrogen) atoms. The molecule has 0 aromatic rings. The van der Waals surface area contributed by atoms with Gasteiger partial charge in [0.05, 0.1) is 0 Å². The molecule has 0 saturated heterocycles. The molecule has 1 nitrogen and oxygen atoms in total. The lowest BCUT2D eigenvalue weighted by Gasteiger charge is -2.08. The van der Waals surface area contributed by atoms with Crippen LogP contribution < -0.4 is 0 Å². The van der Waals surface area contributed by atoms with Crippen molar-refractivity contribution in [3.63, 3.8) is 0 Å². The van der Waals surface area contributed by atoms with Gasteiger partial charge in [-0.3, -0.25) is 0 Å². The third-order valence-corrected chi connectivity index (χ3v) is 2.23. The molecule has 0 aliphatic rings. The number of rotatable bonds is 7. The minimum Gasteiger partial charge on any atom is -0.381 e. The molecular formula is C10H21ClO. The van der Waals surface area contributed by atoms with Crippen molar-refractivity contribution in [2.24, 2.45) is 5.92 Å². The van der Waals surface area contributed by atoms with Crippen LogP contribution in [0.4, 0.5) is 0 Å². The molecule has 0 heterocycles. The number of hydrogen-bond acceptors (Lipinski definition) is 1. The highest BCUT2D eigenvalue weighted by atomic mass is 35.5. The van der Waals surface area contributed by atoms with Crippen molar-refractivity contribution in [3.8, 4) is 0 Å². The van der Waals surface area contributed by atoms with Crippen LogP contribution in [0.5, 0.6) is 0 Å². The van der Waals surface area contributed by atoms with E-state index in [1.54, 1.807) is 0 Å². The first-order chi connectivity index (χ1) is 5.66. The zero-order valence-corrected chi connectivity index (χ0v) is 9.23. The van der Waals surface area contributed by atoms with E-state index in [0.717, 1.165) is 32.5 Å². The summed E-state index contributed by atoms with van der Waals surface area (Å²) < 4.78 is 5.43. The van der Waals surface area contributed by atoms with Crippen molar-refractivity contribution < 1.29 is 4.74 Å². The summed E-state index contributed by atoms with van der Waals surface area (Å²) in [7, 11) is 0. The number of hydrogen-bond donors (Lipinski definition) is 0. The second-order valence-corrected chi connectivity index (χ2v) is 4.23. The van der Waals surface area contributed by atoms with Crippen molar-refractivity contribution in [1.82, 2.24) is 0 Å². The fourth-order valence-corrected chi connectivity index (χ4v) is 1.08. The van der Waals surface area contributed by atoms with E-state index in [9.17, 15) is 0 Å². The van der Waals surface area contributed by atoms with Crippen molar-refractivity contribution >= 4 is 11.6 Å². The van der Waals surface area contributed by atoms with E-state index < -0.39 is 0 Å². The highest BCUT2D eigenvalue weighted by Crippen LogP contribution is 2.09. The Morgan fingerprint density at radius 1 is 1.33 bits per heavy atom. The van der Waals surface area contributed by atoms with Gasteiger partial charge in [-0.05, 0) is 25.2 Å². The SMILES string of the molecule is CCC(Cl)CCCOCC(C)C. The molecule has 1 atom stereocenters. The molecule has 74 valence electrons. The standard InChI is InChI=1S/C10H21ClO/c1-4-10(11)6-5-7-12-8-9(2)3/h9-10H,4-8H2,1-3H3. The van der Waals surface area contributed by atoms with Gasteiger partial charge in [-0.15, -0.1) is 11.6 Å². The summed E-state index contributed by atoms with van der Waals surface area (Å²) in [4.78, 5) is 0. The second-order valence-electron chi connectivity index (χ2n) is 3.62. The van der Waals surface area contributed by atoms with Gasteiger partial charge in [-0.1, -0.05) is 20.8 Å².